The molecule has 1 aromatic rings. The van der Waals surface area contributed by atoms with Crippen LogP contribution < -0.4 is 5.32 Å². The standard InChI is InChI=1S/C13H20N2O4/c1-4-9(2)11(12(16)17)14-13(18)15(3)7-10-5-6-19-8-10/h5-6,8-9,11H,4,7H2,1-3H3,(H,14,18)(H,16,17). The van der Waals surface area contributed by atoms with Crippen molar-refractivity contribution in [3.63, 3.8) is 0 Å². The van der Waals surface area contributed by atoms with Crippen molar-refractivity contribution < 1.29 is 19.1 Å². The third-order valence-electron chi connectivity index (χ3n) is 3.10. The molecule has 19 heavy (non-hydrogen) atoms. The van der Waals surface area contributed by atoms with Gasteiger partial charge in [-0.3, -0.25) is 0 Å². The molecule has 2 unspecified atom stereocenters. The topological polar surface area (TPSA) is 82.8 Å². The molecule has 1 heterocycles. The maximum absolute atomic E-state index is 11.9. The summed E-state index contributed by atoms with van der Waals surface area (Å²) in [6.45, 7) is 4.06. The van der Waals surface area contributed by atoms with Crippen molar-refractivity contribution in [3.05, 3.63) is 24.2 Å². The van der Waals surface area contributed by atoms with E-state index in [2.05, 4.69) is 5.32 Å². The molecule has 0 aliphatic carbocycles. The fourth-order valence-electron chi connectivity index (χ4n) is 1.65. The number of nitrogens with zero attached hydrogens (tertiary/aromatic N) is 1. The summed E-state index contributed by atoms with van der Waals surface area (Å²) in [7, 11) is 1.61. The SMILES string of the molecule is CCC(C)C(NC(=O)N(C)Cc1ccoc1)C(=O)O. The summed E-state index contributed by atoms with van der Waals surface area (Å²) in [5.41, 5.74) is 0.855. The highest BCUT2D eigenvalue weighted by molar-refractivity contribution is 5.82. The second-order valence-corrected chi connectivity index (χ2v) is 4.64. The third kappa shape index (κ3) is 4.31. The molecule has 0 saturated heterocycles. The Bertz CT molecular complexity index is 416. The highest BCUT2D eigenvalue weighted by Gasteiger charge is 2.26. The highest BCUT2D eigenvalue weighted by atomic mass is 16.4. The molecule has 1 aromatic heterocycles. The van der Waals surface area contributed by atoms with E-state index in [0.29, 0.717) is 13.0 Å². The monoisotopic (exact) mass is 268 g/mol. The van der Waals surface area contributed by atoms with Gasteiger partial charge in [0.15, 0.2) is 0 Å². The average molecular weight is 268 g/mol. The fraction of sp³-hybridized carbons (Fsp3) is 0.538. The molecule has 2 amide bonds. The lowest BCUT2D eigenvalue weighted by Gasteiger charge is -2.24. The molecule has 0 spiro atoms. The van der Waals surface area contributed by atoms with Gasteiger partial charge in [0.05, 0.1) is 19.1 Å². The molecule has 1 rings (SSSR count). The Morgan fingerprint density at radius 3 is 2.68 bits per heavy atom. The minimum atomic E-state index is -1.01. The van der Waals surface area contributed by atoms with Gasteiger partial charge in [-0.1, -0.05) is 20.3 Å². The van der Waals surface area contributed by atoms with Gasteiger partial charge in [0.1, 0.15) is 6.04 Å². The van der Waals surface area contributed by atoms with E-state index in [0.717, 1.165) is 5.56 Å². The molecule has 0 aromatic carbocycles. The zero-order valence-electron chi connectivity index (χ0n) is 11.4. The lowest BCUT2D eigenvalue weighted by Crippen LogP contribution is -2.49. The summed E-state index contributed by atoms with van der Waals surface area (Å²) in [6, 6.07) is 0.478. The van der Waals surface area contributed by atoms with E-state index >= 15 is 0 Å². The molecule has 0 fully saturated rings. The van der Waals surface area contributed by atoms with Crippen LogP contribution in [0.1, 0.15) is 25.8 Å². The van der Waals surface area contributed by atoms with Crippen LogP contribution in [0.4, 0.5) is 4.79 Å². The van der Waals surface area contributed by atoms with E-state index in [1.54, 1.807) is 26.3 Å². The minimum absolute atomic E-state index is 0.122. The number of hydrogen-bond acceptors (Lipinski definition) is 3. The van der Waals surface area contributed by atoms with Gasteiger partial charge < -0.3 is 19.7 Å². The maximum atomic E-state index is 11.9. The molecule has 6 nitrogen and oxygen atoms in total. The van der Waals surface area contributed by atoms with Gasteiger partial charge in [-0.25, -0.2) is 9.59 Å². The number of carbonyl (C=O) groups excluding carboxylic acids is 1. The van der Waals surface area contributed by atoms with Gasteiger partial charge in [-0.2, -0.15) is 0 Å². The Kier molecular flexibility index (Phi) is 5.41. The smallest absolute Gasteiger partial charge is 0.326 e. The molecule has 0 aliphatic heterocycles. The Morgan fingerprint density at radius 2 is 2.21 bits per heavy atom. The van der Waals surface area contributed by atoms with E-state index in [-0.39, 0.29) is 5.92 Å². The van der Waals surface area contributed by atoms with Gasteiger partial charge in [-0.05, 0) is 12.0 Å². The number of nitrogens with one attached hydrogen (secondary N) is 1. The van der Waals surface area contributed by atoms with E-state index in [4.69, 9.17) is 9.52 Å². The van der Waals surface area contributed by atoms with E-state index < -0.39 is 18.0 Å². The predicted octanol–water partition coefficient (Wildman–Crippen LogP) is 1.92. The number of carboxylic acids is 1. The highest BCUT2D eigenvalue weighted by Crippen LogP contribution is 2.09. The molecule has 106 valence electrons. The number of aliphatic carboxylic acids is 1. The van der Waals surface area contributed by atoms with Crippen LogP contribution in [0.15, 0.2) is 23.0 Å². The molecular formula is C13H20N2O4. The number of furan rings is 1. The van der Waals surface area contributed by atoms with Crippen molar-refractivity contribution in [1.29, 1.82) is 0 Å². The first-order valence-corrected chi connectivity index (χ1v) is 6.21. The van der Waals surface area contributed by atoms with Crippen molar-refractivity contribution in [1.82, 2.24) is 10.2 Å². The van der Waals surface area contributed by atoms with Gasteiger partial charge in [-0.15, -0.1) is 0 Å². The Morgan fingerprint density at radius 1 is 1.53 bits per heavy atom. The maximum Gasteiger partial charge on any atom is 0.326 e. The number of rotatable bonds is 6. The van der Waals surface area contributed by atoms with Gasteiger partial charge in [0, 0.05) is 12.6 Å². The number of carboxylic acid groups (broad SMARTS) is 1. The van der Waals surface area contributed by atoms with Gasteiger partial charge in [0.25, 0.3) is 0 Å². The van der Waals surface area contributed by atoms with Crippen LogP contribution in [0.3, 0.4) is 0 Å². The molecule has 0 aliphatic rings. The Balaban J connectivity index is 2.58. The number of hydrogen-bond donors (Lipinski definition) is 2. The molecule has 2 N–H and O–H groups in total. The molecular weight excluding hydrogens is 248 g/mol. The third-order valence-corrected chi connectivity index (χ3v) is 3.10. The molecule has 0 bridgehead atoms. The summed E-state index contributed by atoms with van der Waals surface area (Å²) in [4.78, 5) is 24.5. The van der Waals surface area contributed by atoms with Gasteiger partial charge in [0.2, 0.25) is 0 Å². The van der Waals surface area contributed by atoms with Crippen LogP contribution in [0.25, 0.3) is 0 Å². The van der Waals surface area contributed by atoms with Crippen molar-refractivity contribution in [3.8, 4) is 0 Å². The zero-order valence-corrected chi connectivity index (χ0v) is 11.4. The second-order valence-electron chi connectivity index (χ2n) is 4.64. The first-order valence-electron chi connectivity index (χ1n) is 6.21. The number of amides is 2. The average Bonchev–Trinajstić information content (AvgIpc) is 2.86. The zero-order chi connectivity index (χ0) is 14.4. The van der Waals surface area contributed by atoms with E-state index in [1.807, 2.05) is 6.92 Å². The molecule has 6 heteroatoms. The van der Waals surface area contributed by atoms with Crippen LogP contribution in [0.2, 0.25) is 0 Å². The normalized spacial score (nSPS) is 13.6. The molecule has 0 radical (unpaired) electrons. The summed E-state index contributed by atoms with van der Waals surface area (Å²) in [6.07, 6.45) is 3.76. The van der Waals surface area contributed by atoms with Crippen LogP contribution in [0.5, 0.6) is 0 Å². The second kappa shape index (κ2) is 6.82. The first-order chi connectivity index (χ1) is 8.95. The Hall–Kier alpha value is -1.98. The van der Waals surface area contributed by atoms with Crippen molar-refractivity contribution in [2.75, 3.05) is 7.05 Å². The predicted molar refractivity (Wildman–Crippen MR) is 69.6 cm³/mol. The van der Waals surface area contributed by atoms with Crippen LogP contribution in [-0.2, 0) is 11.3 Å². The Labute approximate surface area is 112 Å². The van der Waals surface area contributed by atoms with E-state index in [9.17, 15) is 9.59 Å². The number of urea groups is 1. The first kappa shape index (κ1) is 15.1. The summed E-state index contributed by atoms with van der Waals surface area (Å²) >= 11 is 0. The molecule has 0 saturated carbocycles. The largest absolute Gasteiger partial charge is 0.480 e. The summed E-state index contributed by atoms with van der Waals surface area (Å²) < 4.78 is 4.92. The van der Waals surface area contributed by atoms with Crippen molar-refractivity contribution in [2.24, 2.45) is 5.92 Å². The van der Waals surface area contributed by atoms with Crippen molar-refractivity contribution in [2.45, 2.75) is 32.9 Å². The number of carbonyl (C=O) groups is 2. The molecule has 2 atom stereocenters. The van der Waals surface area contributed by atoms with Gasteiger partial charge >= 0.3 is 12.0 Å². The lowest BCUT2D eigenvalue weighted by atomic mass is 9.99. The fourth-order valence-corrected chi connectivity index (χ4v) is 1.65. The van der Waals surface area contributed by atoms with Crippen LogP contribution in [-0.4, -0.2) is 35.1 Å². The van der Waals surface area contributed by atoms with Crippen LogP contribution in [0, 0.1) is 5.92 Å². The van der Waals surface area contributed by atoms with Crippen molar-refractivity contribution >= 4 is 12.0 Å². The quantitative estimate of drug-likeness (QED) is 0.825. The lowest BCUT2D eigenvalue weighted by molar-refractivity contribution is -0.140. The summed E-state index contributed by atoms with van der Waals surface area (Å²) in [5, 5.41) is 11.7. The minimum Gasteiger partial charge on any atom is -0.480 e. The van der Waals surface area contributed by atoms with E-state index in [1.165, 1.54) is 11.2 Å². The van der Waals surface area contributed by atoms with Crippen LogP contribution >= 0.6 is 0 Å². The summed E-state index contributed by atoms with van der Waals surface area (Å²) in [5.74, 6) is -1.14.